The van der Waals surface area contributed by atoms with Gasteiger partial charge >= 0.3 is 8.80 Å². The lowest BCUT2D eigenvalue weighted by molar-refractivity contribution is 0.122. The van der Waals surface area contributed by atoms with Crippen LogP contribution < -0.4 is 0 Å². The molecule has 2 aromatic rings. The molecule has 1 aromatic carbocycles. The van der Waals surface area contributed by atoms with Gasteiger partial charge in [0.15, 0.2) is 0 Å². The second kappa shape index (κ2) is 10.7. The molecule has 0 aliphatic rings. The number of aromatic nitrogens is 1. The molecule has 0 saturated carbocycles. The first-order valence-electron chi connectivity index (χ1n) is 9.22. The Hall–Kier alpha value is -1.27. The average molecular weight is 362 g/mol. The van der Waals surface area contributed by atoms with Gasteiger partial charge in [0.1, 0.15) is 0 Å². The fourth-order valence-corrected chi connectivity index (χ4v) is 5.00. The molecule has 0 bridgehead atoms. The highest BCUT2D eigenvalue weighted by Crippen LogP contribution is 2.19. The molecule has 25 heavy (non-hydrogen) atoms. The van der Waals surface area contributed by atoms with Crippen molar-refractivity contribution in [2.24, 2.45) is 0 Å². The molecule has 4 nitrogen and oxygen atoms in total. The van der Waals surface area contributed by atoms with Gasteiger partial charge in [0.25, 0.3) is 0 Å². The number of unbranched alkanes of at least 4 members (excludes halogenated alkanes) is 5. The average Bonchev–Trinajstić information content (AvgIpc) is 2.67. The van der Waals surface area contributed by atoms with Gasteiger partial charge in [0, 0.05) is 39.0 Å². The summed E-state index contributed by atoms with van der Waals surface area (Å²) in [5, 5.41) is 1.22. The molecule has 0 amide bonds. The number of rotatable bonds is 12. The van der Waals surface area contributed by atoms with E-state index >= 15 is 0 Å². The summed E-state index contributed by atoms with van der Waals surface area (Å²) < 4.78 is 16.4. The molecule has 2 rings (SSSR count). The maximum atomic E-state index is 5.45. The van der Waals surface area contributed by atoms with Crippen molar-refractivity contribution >= 4 is 19.7 Å². The lowest BCUT2D eigenvalue weighted by Gasteiger charge is -2.24. The van der Waals surface area contributed by atoms with Crippen molar-refractivity contribution in [1.29, 1.82) is 0 Å². The van der Waals surface area contributed by atoms with Gasteiger partial charge in [-0.15, -0.1) is 0 Å². The van der Waals surface area contributed by atoms with E-state index < -0.39 is 8.80 Å². The van der Waals surface area contributed by atoms with E-state index in [9.17, 15) is 0 Å². The Morgan fingerprint density at radius 1 is 0.840 bits per heavy atom. The summed E-state index contributed by atoms with van der Waals surface area (Å²) in [7, 11) is 2.68. The van der Waals surface area contributed by atoms with Crippen LogP contribution >= 0.6 is 0 Å². The summed E-state index contributed by atoms with van der Waals surface area (Å²) in [4.78, 5) is 4.43. The van der Waals surface area contributed by atoms with Crippen molar-refractivity contribution in [3.05, 3.63) is 42.1 Å². The minimum Gasteiger partial charge on any atom is -0.377 e. The molecule has 0 aliphatic heterocycles. The number of pyridine rings is 1. The molecule has 0 saturated heterocycles. The molecule has 1 aromatic heterocycles. The number of benzene rings is 1. The maximum Gasteiger partial charge on any atom is 0.500 e. The molecule has 138 valence electrons. The van der Waals surface area contributed by atoms with Crippen LogP contribution in [0.3, 0.4) is 0 Å². The Labute approximate surface area is 152 Å². The van der Waals surface area contributed by atoms with Gasteiger partial charge in [0.05, 0.1) is 5.52 Å². The lowest BCUT2D eigenvalue weighted by Crippen LogP contribution is -2.42. The molecule has 5 heteroatoms. The van der Waals surface area contributed by atoms with Crippen molar-refractivity contribution < 1.29 is 13.3 Å². The second-order valence-electron chi connectivity index (χ2n) is 6.45. The first-order valence-corrected chi connectivity index (χ1v) is 11.2. The van der Waals surface area contributed by atoms with Crippen LogP contribution in [0.4, 0.5) is 0 Å². The van der Waals surface area contributed by atoms with E-state index in [1.54, 1.807) is 21.3 Å². The van der Waals surface area contributed by atoms with E-state index in [1.807, 2.05) is 12.3 Å². The van der Waals surface area contributed by atoms with Crippen LogP contribution in [0.25, 0.3) is 10.9 Å². The Morgan fingerprint density at radius 3 is 2.24 bits per heavy atom. The SMILES string of the molecule is CO[Si](CCCCCCCCc1ccc2cccnc2c1)(OC)OC. The van der Waals surface area contributed by atoms with Crippen molar-refractivity contribution in [2.75, 3.05) is 21.3 Å². The first-order chi connectivity index (χ1) is 12.2. The molecule has 0 radical (unpaired) electrons. The van der Waals surface area contributed by atoms with Crippen LogP contribution in [0.1, 0.15) is 44.1 Å². The third-order valence-electron chi connectivity index (χ3n) is 4.80. The highest BCUT2D eigenvalue weighted by molar-refractivity contribution is 6.60. The molecular weight excluding hydrogens is 330 g/mol. The second-order valence-corrected chi connectivity index (χ2v) is 9.54. The van der Waals surface area contributed by atoms with Gasteiger partial charge in [-0.3, -0.25) is 4.98 Å². The zero-order chi connectivity index (χ0) is 18.0. The Balaban J connectivity index is 1.58. The first kappa shape index (κ1) is 20.0. The van der Waals surface area contributed by atoms with Gasteiger partial charge in [0.2, 0.25) is 0 Å². The number of nitrogens with zero attached hydrogens (tertiary/aromatic N) is 1. The highest BCUT2D eigenvalue weighted by Gasteiger charge is 2.36. The minimum atomic E-state index is -2.37. The smallest absolute Gasteiger partial charge is 0.377 e. The largest absolute Gasteiger partial charge is 0.500 e. The van der Waals surface area contributed by atoms with E-state index in [1.165, 1.54) is 43.1 Å². The van der Waals surface area contributed by atoms with E-state index in [0.29, 0.717) is 0 Å². The van der Waals surface area contributed by atoms with Crippen LogP contribution in [0.15, 0.2) is 36.5 Å². The third-order valence-corrected chi connectivity index (χ3v) is 7.63. The van der Waals surface area contributed by atoms with Crippen molar-refractivity contribution in [3.63, 3.8) is 0 Å². The number of hydrogen-bond donors (Lipinski definition) is 0. The maximum absolute atomic E-state index is 5.45. The quantitative estimate of drug-likeness (QED) is 0.394. The number of aryl methyl sites for hydroxylation is 1. The predicted molar refractivity (Wildman–Crippen MR) is 105 cm³/mol. The molecule has 1 heterocycles. The Bertz CT molecular complexity index is 623. The normalized spacial score (nSPS) is 12.0. The fourth-order valence-electron chi connectivity index (χ4n) is 3.20. The van der Waals surface area contributed by atoms with Crippen molar-refractivity contribution in [1.82, 2.24) is 4.98 Å². The van der Waals surface area contributed by atoms with E-state index in [0.717, 1.165) is 24.4 Å². The topological polar surface area (TPSA) is 40.6 Å². The summed E-state index contributed by atoms with van der Waals surface area (Å²) >= 11 is 0. The molecule has 0 atom stereocenters. The Morgan fingerprint density at radius 2 is 1.52 bits per heavy atom. The predicted octanol–water partition coefficient (Wildman–Crippen LogP) is 5.00. The molecule has 0 aliphatic carbocycles. The van der Waals surface area contributed by atoms with Gasteiger partial charge in [-0.1, -0.05) is 43.9 Å². The van der Waals surface area contributed by atoms with Gasteiger partial charge in [-0.05, 0) is 37.0 Å². The lowest BCUT2D eigenvalue weighted by atomic mass is 10.0. The van der Waals surface area contributed by atoms with Gasteiger partial charge < -0.3 is 13.3 Å². The summed E-state index contributed by atoms with van der Waals surface area (Å²) in [6, 6.07) is 11.6. The third kappa shape index (κ3) is 6.19. The van der Waals surface area contributed by atoms with Crippen LogP contribution in [0, 0.1) is 0 Å². The molecule has 0 spiro atoms. The summed E-state index contributed by atoms with van der Waals surface area (Å²) in [6.45, 7) is 0. The summed E-state index contributed by atoms with van der Waals surface area (Å²) in [6.07, 6.45) is 10.4. The van der Waals surface area contributed by atoms with Gasteiger partial charge in [-0.2, -0.15) is 0 Å². The highest BCUT2D eigenvalue weighted by atomic mass is 28.4. The minimum absolute atomic E-state index is 0.903. The molecular formula is C20H31NO3Si. The van der Waals surface area contributed by atoms with Crippen molar-refractivity contribution in [2.45, 2.75) is 51.0 Å². The molecule has 0 unspecified atom stereocenters. The number of fused-ring (bicyclic) bond motifs is 1. The van der Waals surface area contributed by atoms with Crippen LogP contribution in [0.2, 0.25) is 6.04 Å². The van der Waals surface area contributed by atoms with E-state index in [2.05, 4.69) is 29.2 Å². The van der Waals surface area contributed by atoms with E-state index in [4.69, 9.17) is 13.3 Å². The monoisotopic (exact) mass is 361 g/mol. The zero-order valence-corrected chi connectivity index (χ0v) is 16.8. The van der Waals surface area contributed by atoms with Crippen molar-refractivity contribution in [3.8, 4) is 0 Å². The summed E-state index contributed by atoms with van der Waals surface area (Å²) in [5.41, 5.74) is 2.49. The van der Waals surface area contributed by atoms with Crippen LogP contribution in [0.5, 0.6) is 0 Å². The summed E-state index contributed by atoms with van der Waals surface area (Å²) in [5.74, 6) is 0. The fraction of sp³-hybridized carbons (Fsp3) is 0.550. The zero-order valence-electron chi connectivity index (χ0n) is 15.8. The van der Waals surface area contributed by atoms with Crippen LogP contribution in [-0.2, 0) is 19.7 Å². The van der Waals surface area contributed by atoms with E-state index in [-0.39, 0.29) is 0 Å². The van der Waals surface area contributed by atoms with Gasteiger partial charge in [-0.25, -0.2) is 0 Å². The Kier molecular flexibility index (Phi) is 8.55. The molecule has 0 N–H and O–H groups in total. The number of hydrogen-bond acceptors (Lipinski definition) is 4. The standard InChI is InChI=1S/C20H31NO3Si/c1-22-25(23-2,24-3)16-9-7-5-4-6-8-11-18-13-14-19-12-10-15-21-20(19)17-18/h10,12-15,17H,4-9,11,16H2,1-3H3. The van der Waals surface area contributed by atoms with Crippen LogP contribution in [-0.4, -0.2) is 35.1 Å². The molecule has 0 fully saturated rings.